The molecule has 0 bridgehead atoms. The van der Waals surface area contributed by atoms with Crippen LogP contribution >= 0.6 is 0 Å². The summed E-state index contributed by atoms with van der Waals surface area (Å²) >= 11 is 0. The van der Waals surface area contributed by atoms with Crippen LogP contribution in [0, 0.1) is 11.8 Å². The first-order valence-electron chi connectivity index (χ1n) is 10.3. The Bertz CT molecular complexity index is 1110. The molecular formula is C24H24N4O2. The molecule has 2 saturated heterocycles. The first-order chi connectivity index (χ1) is 14.6. The highest BCUT2D eigenvalue weighted by Gasteiger charge is 2.49. The van der Waals surface area contributed by atoms with Crippen LogP contribution in [0.1, 0.15) is 22.0 Å². The van der Waals surface area contributed by atoms with Gasteiger partial charge in [0.1, 0.15) is 0 Å². The number of anilines is 1. The Morgan fingerprint density at radius 1 is 1.00 bits per heavy atom. The Labute approximate surface area is 175 Å². The van der Waals surface area contributed by atoms with E-state index in [0.29, 0.717) is 23.9 Å². The van der Waals surface area contributed by atoms with Crippen LogP contribution < -0.4 is 10.5 Å². The zero-order valence-corrected chi connectivity index (χ0v) is 16.9. The summed E-state index contributed by atoms with van der Waals surface area (Å²) in [5.74, 6) is 0.668. The predicted octanol–water partition coefficient (Wildman–Crippen LogP) is 2.73. The molecule has 5 rings (SSSR count). The van der Waals surface area contributed by atoms with Gasteiger partial charge in [-0.3, -0.25) is 14.6 Å². The van der Waals surface area contributed by atoms with Crippen molar-refractivity contribution < 1.29 is 4.79 Å². The monoisotopic (exact) mass is 400 g/mol. The van der Waals surface area contributed by atoms with Crippen molar-refractivity contribution in [2.45, 2.75) is 6.04 Å². The predicted molar refractivity (Wildman–Crippen MR) is 115 cm³/mol. The van der Waals surface area contributed by atoms with Crippen LogP contribution in [-0.4, -0.2) is 40.0 Å². The third-order valence-electron chi connectivity index (χ3n) is 6.45. The van der Waals surface area contributed by atoms with Crippen molar-refractivity contribution in [1.82, 2.24) is 14.5 Å². The third-order valence-corrected chi connectivity index (χ3v) is 6.45. The van der Waals surface area contributed by atoms with Gasteiger partial charge in [-0.1, -0.05) is 30.3 Å². The van der Waals surface area contributed by atoms with Crippen molar-refractivity contribution in [2.75, 3.05) is 24.5 Å². The minimum atomic E-state index is -0.166. The van der Waals surface area contributed by atoms with Crippen molar-refractivity contribution in [3.63, 3.8) is 0 Å². The molecule has 30 heavy (non-hydrogen) atoms. The molecule has 1 amide bonds. The van der Waals surface area contributed by atoms with Crippen LogP contribution in [0.25, 0.3) is 0 Å². The van der Waals surface area contributed by atoms with Crippen LogP contribution in [0.15, 0.2) is 78.0 Å². The number of amides is 1. The molecule has 6 heteroatoms. The highest BCUT2D eigenvalue weighted by atomic mass is 16.2. The number of carbonyl (C=O) groups excluding carboxylic acids is 1. The van der Waals surface area contributed by atoms with E-state index in [1.165, 1.54) is 16.3 Å². The van der Waals surface area contributed by atoms with Gasteiger partial charge in [-0.15, -0.1) is 0 Å². The Morgan fingerprint density at radius 2 is 1.77 bits per heavy atom. The third kappa shape index (κ3) is 3.18. The van der Waals surface area contributed by atoms with Crippen molar-refractivity contribution in [2.24, 2.45) is 18.9 Å². The van der Waals surface area contributed by atoms with E-state index < -0.39 is 0 Å². The van der Waals surface area contributed by atoms with E-state index in [2.05, 4.69) is 22.0 Å². The molecule has 3 aromatic rings. The van der Waals surface area contributed by atoms with E-state index >= 15 is 0 Å². The van der Waals surface area contributed by atoms with Crippen molar-refractivity contribution in [3.05, 3.63) is 94.7 Å². The molecule has 2 aromatic heterocycles. The van der Waals surface area contributed by atoms with Gasteiger partial charge in [-0.2, -0.15) is 0 Å². The molecule has 3 atom stereocenters. The van der Waals surface area contributed by atoms with Gasteiger partial charge < -0.3 is 14.4 Å². The number of aromatic nitrogens is 2. The molecule has 2 fully saturated rings. The average molecular weight is 400 g/mol. The van der Waals surface area contributed by atoms with Gasteiger partial charge in [0.05, 0.1) is 6.04 Å². The number of hydrogen-bond donors (Lipinski definition) is 0. The number of fused-ring (bicyclic) bond motifs is 1. The fraction of sp³-hybridized carbons (Fsp3) is 0.292. The minimum Gasteiger partial charge on any atom is -0.371 e. The number of likely N-dealkylation sites (tertiary alicyclic amines) is 1. The Balaban J connectivity index is 1.48. The maximum absolute atomic E-state index is 13.4. The van der Waals surface area contributed by atoms with Crippen LogP contribution in [0.2, 0.25) is 0 Å². The van der Waals surface area contributed by atoms with Gasteiger partial charge >= 0.3 is 0 Å². The standard InChI is InChI=1S/C24H24N4O2/c1-26-12-9-18(13-22(26)29)24(30)28-15-19-14-27(20-7-10-25-11-8-20)16-21(19)23(28)17-5-3-2-4-6-17/h2-13,19,21,23H,14-16H2,1H3/t19-,21-,23-/m0/s1. The topological polar surface area (TPSA) is 58.4 Å². The van der Waals surface area contributed by atoms with E-state index in [-0.39, 0.29) is 17.5 Å². The smallest absolute Gasteiger partial charge is 0.254 e. The van der Waals surface area contributed by atoms with Crippen molar-refractivity contribution in [1.29, 1.82) is 0 Å². The first kappa shape index (κ1) is 18.6. The molecule has 0 N–H and O–H groups in total. The SMILES string of the molecule is Cn1ccc(C(=O)N2C[C@@H]3CN(c4ccncc4)C[C@@H]3[C@@H]2c2ccccc2)cc1=O. The number of hydrogen-bond acceptors (Lipinski definition) is 4. The molecule has 1 aromatic carbocycles. The number of rotatable bonds is 3. The number of carbonyl (C=O) groups is 1. The highest BCUT2D eigenvalue weighted by Crippen LogP contribution is 2.46. The number of pyridine rings is 2. The van der Waals surface area contributed by atoms with Crippen LogP contribution in [0.4, 0.5) is 5.69 Å². The zero-order valence-electron chi connectivity index (χ0n) is 16.9. The Morgan fingerprint density at radius 3 is 2.50 bits per heavy atom. The normalized spacial score (nSPS) is 22.9. The second-order valence-corrected chi connectivity index (χ2v) is 8.21. The summed E-state index contributed by atoms with van der Waals surface area (Å²) in [6.07, 6.45) is 5.31. The largest absolute Gasteiger partial charge is 0.371 e. The molecule has 2 aliphatic rings. The van der Waals surface area contributed by atoms with E-state index in [1.54, 1.807) is 19.3 Å². The van der Waals surface area contributed by atoms with E-state index in [4.69, 9.17) is 0 Å². The lowest BCUT2D eigenvalue weighted by molar-refractivity contribution is 0.0715. The van der Waals surface area contributed by atoms with Gasteiger partial charge in [0.15, 0.2) is 0 Å². The fourth-order valence-electron chi connectivity index (χ4n) is 4.94. The number of aryl methyl sites for hydroxylation is 1. The van der Waals surface area contributed by atoms with E-state index in [1.807, 2.05) is 47.6 Å². The summed E-state index contributed by atoms with van der Waals surface area (Å²) in [4.78, 5) is 34.0. The maximum atomic E-state index is 13.4. The van der Waals surface area contributed by atoms with Gasteiger partial charge in [0, 0.05) is 74.4 Å². The van der Waals surface area contributed by atoms with Crippen LogP contribution in [0.5, 0.6) is 0 Å². The lowest BCUT2D eigenvalue weighted by Crippen LogP contribution is -2.36. The second kappa shape index (κ2) is 7.44. The van der Waals surface area contributed by atoms with Crippen molar-refractivity contribution >= 4 is 11.6 Å². The molecule has 2 aliphatic heterocycles. The van der Waals surface area contributed by atoms with Gasteiger partial charge in [0.2, 0.25) is 0 Å². The summed E-state index contributed by atoms with van der Waals surface area (Å²) in [7, 11) is 1.69. The molecule has 0 radical (unpaired) electrons. The van der Waals surface area contributed by atoms with Gasteiger partial charge in [-0.05, 0) is 23.8 Å². The number of benzene rings is 1. The quantitative estimate of drug-likeness (QED) is 0.678. The van der Waals surface area contributed by atoms with Crippen LogP contribution in [-0.2, 0) is 7.05 Å². The van der Waals surface area contributed by atoms with E-state index in [9.17, 15) is 9.59 Å². The Hall–Kier alpha value is -3.41. The summed E-state index contributed by atoms with van der Waals surface area (Å²) < 4.78 is 1.48. The highest BCUT2D eigenvalue weighted by molar-refractivity contribution is 5.94. The first-order valence-corrected chi connectivity index (χ1v) is 10.3. The molecule has 6 nitrogen and oxygen atoms in total. The molecule has 152 valence electrons. The zero-order chi connectivity index (χ0) is 20.7. The van der Waals surface area contributed by atoms with Gasteiger partial charge in [-0.25, -0.2) is 0 Å². The molecule has 0 spiro atoms. The summed E-state index contributed by atoms with van der Waals surface area (Å²) in [6.45, 7) is 2.51. The minimum absolute atomic E-state index is 0.000375. The molecule has 0 aliphatic carbocycles. The molecule has 0 saturated carbocycles. The fourth-order valence-corrected chi connectivity index (χ4v) is 4.94. The lowest BCUT2D eigenvalue weighted by atomic mass is 9.89. The second-order valence-electron chi connectivity index (χ2n) is 8.21. The molecule has 0 unspecified atom stereocenters. The van der Waals surface area contributed by atoms with E-state index in [0.717, 1.165) is 18.7 Å². The Kier molecular flexibility index (Phi) is 4.62. The summed E-state index contributed by atoms with van der Waals surface area (Å²) in [5, 5.41) is 0. The number of nitrogens with zero attached hydrogens (tertiary/aromatic N) is 4. The molecular weight excluding hydrogens is 376 g/mol. The van der Waals surface area contributed by atoms with Crippen LogP contribution in [0.3, 0.4) is 0 Å². The lowest BCUT2D eigenvalue weighted by Gasteiger charge is -2.30. The maximum Gasteiger partial charge on any atom is 0.254 e. The summed E-state index contributed by atoms with van der Waals surface area (Å²) in [6, 6.07) is 17.5. The average Bonchev–Trinajstić information content (AvgIpc) is 3.34. The van der Waals surface area contributed by atoms with Crippen molar-refractivity contribution in [3.8, 4) is 0 Å². The summed E-state index contributed by atoms with van der Waals surface area (Å²) in [5.41, 5.74) is 2.62. The molecule has 4 heterocycles. The van der Waals surface area contributed by atoms with Gasteiger partial charge in [0.25, 0.3) is 11.5 Å².